The first kappa shape index (κ1) is 13.3. The molecule has 18 heavy (non-hydrogen) atoms. The van der Waals surface area contributed by atoms with Gasteiger partial charge in [0.2, 0.25) is 5.91 Å². The molecule has 1 amide bonds. The molecule has 1 saturated carbocycles. The van der Waals surface area contributed by atoms with Crippen LogP contribution in [0.1, 0.15) is 25.7 Å². The number of carbonyl (C=O) groups excluding carboxylic acids is 2. The van der Waals surface area contributed by atoms with Gasteiger partial charge in [0.05, 0.1) is 23.4 Å². The largest absolute Gasteiger partial charge is 0.469 e. The summed E-state index contributed by atoms with van der Waals surface area (Å²) in [6.07, 6.45) is 3.07. The first-order valence-corrected chi connectivity index (χ1v) is 6.59. The van der Waals surface area contributed by atoms with Crippen molar-refractivity contribution in [3.63, 3.8) is 0 Å². The molecule has 5 nitrogen and oxygen atoms in total. The van der Waals surface area contributed by atoms with Crippen molar-refractivity contribution >= 4 is 29.1 Å². The van der Waals surface area contributed by atoms with Crippen LogP contribution in [0.2, 0.25) is 0 Å². The molecule has 1 saturated heterocycles. The van der Waals surface area contributed by atoms with Gasteiger partial charge in [0, 0.05) is 13.1 Å². The Morgan fingerprint density at radius 1 is 1.44 bits per heavy atom. The summed E-state index contributed by atoms with van der Waals surface area (Å²) < 4.78 is 4.74. The Morgan fingerprint density at radius 2 is 2.11 bits per heavy atom. The number of rotatable bonds is 3. The average molecular weight is 270 g/mol. The number of hydrogen-bond acceptors (Lipinski definition) is 4. The van der Waals surface area contributed by atoms with Gasteiger partial charge >= 0.3 is 5.97 Å². The maximum atomic E-state index is 12.4. The van der Waals surface area contributed by atoms with E-state index in [0.29, 0.717) is 13.1 Å². The van der Waals surface area contributed by atoms with E-state index in [1.165, 1.54) is 7.11 Å². The average Bonchev–Trinajstić information content (AvgIpc) is 3.18. The topological polar surface area (TPSA) is 72.6 Å². The first-order chi connectivity index (χ1) is 8.51. The molecule has 0 bridgehead atoms. The second-order valence-corrected chi connectivity index (χ2v) is 5.50. The first-order valence-electron chi connectivity index (χ1n) is 6.18. The fraction of sp³-hybridized carbons (Fsp3) is 0.750. The predicted octanol–water partition coefficient (Wildman–Crippen LogP) is 0.464. The Morgan fingerprint density at radius 3 is 2.61 bits per heavy atom. The molecular formula is C12H18N2O3S. The normalized spacial score (nSPS) is 25.4. The minimum Gasteiger partial charge on any atom is -0.469 e. The molecule has 0 spiro atoms. The van der Waals surface area contributed by atoms with Crippen LogP contribution >= 0.6 is 12.2 Å². The SMILES string of the molecule is COC(=O)C1CCCN(C(=O)C2(C(N)=S)CC2)C1. The number of thiocarbonyl (C=S) groups is 1. The fourth-order valence-electron chi connectivity index (χ4n) is 2.51. The van der Waals surface area contributed by atoms with Gasteiger partial charge in [-0.2, -0.15) is 0 Å². The molecule has 2 fully saturated rings. The summed E-state index contributed by atoms with van der Waals surface area (Å²) in [6, 6.07) is 0. The second-order valence-electron chi connectivity index (χ2n) is 5.06. The summed E-state index contributed by atoms with van der Waals surface area (Å²) in [5, 5.41) is 0. The molecule has 0 aromatic rings. The van der Waals surface area contributed by atoms with Gasteiger partial charge in [0.15, 0.2) is 0 Å². The Labute approximate surface area is 112 Å². The van der Waals surface area contributed by atoms with Gasteiger partial charge in [0.1, 0.15) is 0 Å². The van der Waals surface area contributed by atoms with Crippen molar-refractivity contribution in [1.82, 2.24) is 4.90 Å². The number of hydrogen-bond donors (Lipinski definition) is 1. The molecule has 1 heterocycles. The predicted molar refractivity (Wildman–Crippen MR) is 69.8 cm³/mol. The summed E-state index contributed by atoms with van der Waals surface area (Å²) >= 11 is 4.98. The van der Waals surface area contributed by atoms with Crippen molar-refractivity contribution in [2.24, 2.45) is 17.1 Å². The Balaban J connectivity index is 2.03. The molecule has 1 atom stereocenters. The summed E-state index contributed by atoms with van der Waals surface area (Å²) in [7, 11) is 1.38. The van der Waals surface area contributed by atoms with Gasteiger partial charge in [-0.3, -0.25) is 9.59 Å². The summed E-state index contributed by atoms with van der Waals surface area (Å²) in [5.74, 6) is -0.467. The van der Waals surface area contributed by atoms with Gasteiger partial charge in [0.25, 0.3) is 0 Å². The molecule has 1 unspecified atom stereocenters. The lowest BCUT2D eigenvalue weighted by Crippen LogP contribution is -2.48. The van der Waals surface area contributed by atoms with E-state index >= 15 is 0 Å². The van der Waals surface area contributed by atoms with Crippen LogP contribution in [0.15, 0.2) is 0 Å². The highest BCUT2D eigenvalue weighted by molar-refractivity contribution is 7.80. The summed E-state index contributed by atoms with van der Waals surface area (Å²) in [6.45, 7) is 1.10. The molecule has 1 aliphatic carbocycles. The number of ether oxygens (including phenoxy) is 1. The van der Waals surface area contributed by atoms with Gasteiger partial charge in [-0.05, 0) is 25.7 Å². The molecule has 2 rings (SSSR count). The van der Waals surface area contributed by atoms with E-state index in [9.17, 15) is 9.59 Å². The maximum Gasteiger partial charge on any atom is 0.310 e. The zero-order valence-electron chi connectivity index (χ0n) is 10.5. The maximum absolute atomic E-state index is 12.4. The van der Waals surface area contributed by atoms with Gasteiger partial charge in [-0.1, -0.05) is 12.2 Å². The lowest BCUT2D eigenvalue weighted by Gasteiger charge is -2.33. The van der Waals surface area contributed by atoms with Crippen LogP contribution < -0.4 is 5.73 Å². The molecule has 2 aliphatic rings. The Kier molecular flexibility index (Phi) is 3.56. The van der Waals surface area contributed by atoms with Crippen LogP contribution in [0.3, 0.4) is 0 Å². The van der Waals surface area contributed by atoms with Gasteiger partial charge in [-0.15, -0.1) is 0 Å². The number of nitrogens with zero attached hydrogens (tertiary/aromatic N) is 1. The molecule has 6 heteroatoms. The van der Waals surface area contributed by atoms with Crippen LogP contribution in [0.5, 0.6) is 0 Å². The molecule has 100 valence electrons. The highest BCUT2D eigenvalue weighted by atomic mass is 32.1. The van der Waals surface area contributed by atoms with Crippen LogP contribution in [0, 0.1) is 11.3 Å². The number of methoxy groups -OCH3 is 1. The minimum atomic E-state index is -0.618. The zero-order chi connectivity index (χ0) is 13.3. The van der Waals surface area contributed by atoms with E-state index in [0.717, 1.165) is 25.7 Å². The second kappa shape index (κ2) is 4.84. The van der Waals surface area contributed by atoms with Crippen LogP contribution in [0.25, 0.3) is 0 Å². The molecule has 0 radical (unpaired) electrons. The summed E-state index contributed by atoms with van der Waals surface area (Å²) in [4.78, 5) is 25.9. The molecule has 1 aliphatic heterocycles. The van der Waals surface area contributed by atoms with Crippen LogP contribution in [0.4, 0.5) is 0 Å². The van der Waals surface area contributed by atoms with Crippen molar-refractivity contribution in [3.8, 4) is 0 Å². The number of esters is 1. The summed E-state index contributed by atoms with van der Waals surface area (Å²) in [5.41, 5.74) is 5.04. The monoisotopic (exact) mass is 270 g/mol. The minimum absolute atomic E-state index is 0.0106. The van der Waals surface area contributed by atoms with E-state index in [-0.39, 0.29) is 22.8 Å². The third-order valence-corrected chi connectivity index (χ3v) is 4.26. The lowest BCUT2D eigenvalue weighted by molar-refractivity contribution is -0.149. The smallest absolute Gasteiger partial charge is 0.310 e. The molecule has 0 aromatic heterocycles. The Bertz CT molecular complexity index is 393. The van der Waals surface area contributed by atoms with Gasteiger partial charge in [-0.25, -0.2) is 0 Å². The number of nitrogens with two attached hydrogens (primary N) is 1. The highest BCUT2D eigenvalue weighted by Crippen LogP contribution is 2.48. The Hall–Kier alpha value is -1.17. The van der Waals surface area contributed by atoms with Crippen molar-refractivity contribution < 1.29 is 14.3 Å². The van der Waals surface area contributed by atoms with E-state index in [1.807, 2.05) is 0 Å². The van der Waals surface area contributed by atoms with Crippen molar-refractivity contribution in [2.75, 3.05) is 20.2 Å². The lowest BCUT2D eigenvalue weighted by atomic mass is 9.96. The molecule has 2 N–H and O–H groups in total. The fourth-order valence-corrected chi connectivity index (χ4v) is 2.81. The van der Waals surface area contributed by atoms with Gasteiger partial charge < -0.3 is 15.4 Å². The number of likely N-dealkylation sites (tertiary alicyclic amines) is 1. The van der Waals surface area contributed by atoms with E-state index in [2.05, 4.69) is 0 Å². The van der Waals surface area contributed by atoms with Crippen molar-refractivity contribution in [3.05, 3.63) is 0 Å². The van der Waals surface area contributed by atoms with E-state index in [1.54, 1.807) is 4.90 Å². The van der Waals surface area contributed by atoms with Crippen molar-refractivity contribution in [1.29, 1.82) is 0 Å². The van der Waals surface area contributed by atoms with E-state index < -0.39 is 5.41 Å². The number of amides is 1. The van der Waals surface area contributed by atoms with Crippen molar-refractivity contribution in [2.45, 2.75) is 25.7 Å². The quantitative estimate of drug-likeness (QED) is 0.596. The third-order valence-electron chi connectivity index (χ3n) is 3.87. The standard InChI is InChI=1S/C12H18N2O3S/c1-17-9(15)8-3-2-6-14(7-8)11(16)12(4-5-12)10(13)18/h8H,2-7H2,1H3,(H2,13,18). The highest BCUT2D eigenvalue weighted by Gasteiger charge is 2.54. The number of piperidine rings is 1. The van der Waals surface area contributed by atoms with Crippen LogP contribution in [-0.2, 0) is 14.3 Å². The van der Waals surface area contributed by atoms with Crippen LogP contribution in [-0.4, -0.2) is 42.0 Å². The molecular weight excluding hydrogens is 252 g/mol. The third kappa shape index (κ3) is 2.21. The van der Waals surface area contributed by atoms with E-state index in [4.69, 9.17) is 22.7 Å². The number of carbonyl (C=O) groups is 2. The molecule has 0 aromatic carbocycles. The zero-order valence-corrected chi connectivity index (χ0v) is 11.3.